The van der Waals surface area contributed by atoms with Gasteiger partial charge < -0.3 is 5.32 Å². The molecule has 0 unspecified atom stereocenters. The summed E-state index contributed by atoms with van der Waals surface area (Å²) in [5.41, 5.74) is 2.13. The Morgan fingerprint density at radius 1 is 1.28 bits per heavy atom. The van der Waals surface area contributed by atoms with Crippen molar-refractivity contribution >= 4 is 34.8 Å². The highest BCUT2D eigenvalue weighted by Crippen LogP contribution is 2.53. The number of carbonyl (C=O) groups is 1. The highest BCUT2D eigenvalue weighted by atomic mass is 35.5. The first-order valence-corrected chi connectivity index (χ1v) is 6.75. The molecule has 0 aromatic heterocycles. The molecule has 18 heavy (non-hydrogen) atoms. The second-order valence-electron chi connectivity index (χ2n) is 5.83. The summed E-state index contributed by atoms with van der Waals surface area (Å²) in [6, 6.07) is 7.87. The lowest BCUT2D eigenvalue weighted by Gasteiger charge is -2.19. The van der Waals surface area contributed by atoms with Gasteiger partial charge in [-0.15, -0.1) is 23.2 Å². The standard InChI is InChI=1S/C14H17Cl2NO/c1-13(2,3)9-4-6-10(7-5-9)17-12(18)11-8-14(11,15)16/h4-7,11H,8H2,1-3H3,(H,17,18)/t11-/m1/s1. The highest BCUT2D eigenvalue weighted by Gasteiger charge is 2.56. The van der Waals surface area contributed by atoms with Crippen LogP contribution in [0, 0.1) is 5.92 Å². The summed E-state index contributed by atoms with van der Waals surface area (Å²) in [5.74, 6) is -0.397. The average Bonchev–Trinajstić information content (AvgIpc) is 2.87. The number of hydrogen-bond acceptors (Lipinski definition) is 1. The van der Waals surface area contributed by atoms with E-state index < -0.39 is 4.33 Å². The van der Waals surface area contributed by atoms with Gasteiger partial charge in [0.15, 0.2) is 0 Å². The van der Waals surface area contributed by atoms with Gasteiger partial charge in [0.1, 0.15) is 4.33 Å². The normalized spacial score (nSPS) is 21.5. The molecule has 1 aliphatic rings. The third-order valence-electron chi connectivity index (χ3n) is 3.16. The van der Waals surface area contributed by atoms with Crippen molar-refractivity contribution in [2.75, 3.05) is 5.32 Å². The van der Waals surface area contributed by atoms with Gasteiger partial charge in [0.05, 0.1) is 5.92 Å². The Hall–Kier alpha value is -0.730. The molecule has 1 aromatic rings. The summed E-state index contributed by atoms with van der Waals surface area (Å²) in [6.07, 6.45) is 0.530. The molecule has 1 aliphatic carbocycles. The average molecular weight is 286 g/mol. The van der Waals surface area contributed by atoms with E-state index >= 15 is 0 Å². The van der Waals surface area contributed by atoms with E-state index in [1.807, 2.05) is 24.3 Å². The van der Waals surface area contributed by atoms with Crippen molar-refractivity contribution in [2.45, 2.75) is 36.9 Å². The Labute approximate surface area is 118 Å². The number of hydrogen-bond donors (Lipinski definition) is 1. The second kappa shape index (κ2) is 4.43. The van der Waals surface area contributed by atoms with E-state index in [0.717, 1.165) is 5.69 Å². The Kier molecular flexibility index (Phi) is 3.37. The number of amides is 1. The Balaban J connectivity index is 2.01. The van der Waals surface area contributed by atoms with E-state index in [2.05, 4.69) is 26.1 Å². The molecular weight excluding hydrogens is 269 g/mol. The molecule has 1 atom stereocenters. The number of anilines is 1. The maximum Gasteiger partial charge on any atom is 0.230 e. The topological polar surface area (TPSA) is 29.1 Å². The van der Waals surface area contributed by atoms with Crippen molar-refractivity contribution in [2.24, 2.45) is 5.92 Å². The van der Waals surface area contributed by atoms with Crippen LogP contribution >= 0.6 is 23.2 Å². The van der Waals surface area contributed by atoms with Gasteiger partial charge in [-0.1, -0.05) is 32.9 Å². The molecule has 1 amide bonds. The summed E-state index contributed by atoms with van der Waals surface area (Å²) >= 11 is 11.7. The van der Waals surface area contributed by atoms with Crippen LogP contribution in [0.2, 0.25) is 0 Å². The first kappa shape index (κ1) is 13.7. The van der Waals surface area contributed by atoms with Crippen molar-refractivity contribution in [3.8, 4) is 0 Å². The fourth-order valence-electron chi connectivity index (χ4n) is 1.78. The second-order valence-corrected chi connectivity index (χ2v) is 7.38. The Bertz CT molecular complexity index is 460. The van der Waals surface area contributed by atoms with Gasteiger partial charge in [0, 0.05) is 5.69 Å². The van der Waals surface area contributed by atoms with Crippen LogP contribution in [-0.2, 0) is 10.2 Å². The molecule has 2 nitrogen and oxygen atoms in total. The molecule has 1 N–H and O–H groups in total. The smallest absolute Gasteiger partial charge is 0.230 e. The molecular formula is C14H17Cl2NO. The van der Waals surface area contributed by atoms with Crippen LogP contribution in [0.25, 0.3) is 0 Å². The van der Waals surface area contributed by atoms with E-state index in [1.165, 1.54) is 5.56 Å². The Morgan fingerprint density at radius 3 is 2.17 bits per heavy atom. The SMILES string of the molecule is CC(C)(C)c1ccc(NC(=O)[C@H]2CC2(Cl)Cl)cc1. The van der Waals surface area contributed by atoms with E-state index in [0.29, 0.717) is 6.42 Å². The number of alkyl halides is 2. The number of nitrogens with one attached hydrogen (secondary N) is 1. The number of carbonyl (C=O) groups excluding carboxylic acids is 1. The predicted octanol–water partition coefficient (Wildman–Crippen LogP) is 4.12. The summed E-state index contributed by atoms with van der Waals surface area (Å²) in [5, 5.41) is 2.83. The fourth-order valence-corrected chi connectivity index (χ4v) is 2.29. The van der Waals surface area contributed by atoms with Crippen molar-refractivity contribution in [1.82, 2.24) is 0 Å². The van der Waals surface area contributed by atoms with Gasteiger partial charge in [-0.05, 0) is 29.5 Å². The zero-order valence-electron chi connectivity index (χ0n) is 10.8. The third-order valence-corrected chi connectivity index (χ3v) is 4.00. The van der Waals surface area contributed by atoms with E-state index in [9.17, 15) is 4.79 Å². The first-order chi connectivity index (χ1) is 8.20. The van der Waals surface area contributed by atoms with E-state index in [1.54, 1.807) is 0 Å². The summed E-state index contributed by atoms with van der Waals surface area (Å²) in [4.78, 5) is 11.8. The molecule has 0 spiro atoms. The lowest BCUT2D eigenvalue weighted by atomic mass is 9.87. The maximum absolute atomic E-state index is 11.8. The van der Waals surface area contributed by atoms with Crippen LogP contribution in [-0.4, -0.2) is 10.2 Å². The molecule has 1 saturated carbocycles. The predicted molar refractivity (Wildman–Crippen MR) is 76.3 cm³/mol. The van der Waals surface area contributed by atoms with E-state index in [4.69, 9.17) is 23.2 Å². The Morgan fingerprint density at radius 2 is 1.78 bits per heavy atom. The molecule has 1 aromatic carbocycles. The molecule has 0 heterocycles. The van der Waals surface area contributed by atoms with Crippen LogP contribution in [0.3, 0.4) is 0 Å². The quantitative estimate of drug-likeness (QED) is 0.814. The summed E-state index contributed by atoms with van der Waals surface area (Å²) in [6.45, 7) is 6.46. The number of halogens is 2. The minimum absolute atomic E-state index is 0.108. The summed E-state index contributed by atoms with van der Waals surface area (Å²) in [7, 11) is 0. The zero-order chi connectivity index (χ0) is 13.6. The van der Waals surface area contributed by atoms with Gasteiger partial charge in [-0.2, -0.15) is 0 Å². The summed E-state index contributed by atoms with van der Waals surface area (Å²) < 4.78 is -0.866. The van der Waals surface area contributed by atoms with Gasteiger partial charge >= 0.3 is 0 Å². The number of rotatable bonds is 2. The van der Waals surface area contributed by atoms with Gasteiger partial charge in [0.25, 0.3) is 0 Å². The zero-order valence-corrected chi connectivity index (χ0v) is 12.3. The minimum atomic E-state index is -0.866. The monoisotopic (exact) mass is 285 g/mol. The molecule has 98 valence electrons. The molecule has 4 heteroatoms. The van der Waals surface area contributed by atoms with Gasteiger partial charge in [-0.25, -0.2) is 0 Å². The molecule has 2 rings (SSSR count). The molecule has 0 aliphatic heterocycles. The van der Waals surface area contributed by atoms with Crippen molar-refractivity contribution < 1.29 is 4.79 Å². The van der Waals surface area contributed by atoms with Crippen LogP contribution in [0.1, 0.15) is 32.8 Å². The third kappa shape index (κ3) is 2.99. The van der Waals surface area contributed by atoms with Crippen molar-refractivity contribution in [1.29, 1.82) is 0 Å². The maximum atomic E-state index is 11.8. The van der Waals surface area contributed by atoms with Crippen LogP contribution < -0.4 is 5.32 Å². The van der Waals surface area contributed by atoms with Gasteiger partial charge in [-0.3, -0.25) is 4.79 Å². The van der Waals surface area contributed by atoms with Crippen LogP contribution in [0.15, 0.2) is 24.3 Å². The van der Waals surface area contributed by atoms with Gasteiger partial charge in [0.2, 0.25) is 5.91 Å². The van der Waals surface area contributed by atoms with Crippen molar-refractivity contribution in [3.05, 3.63) is 29.8 Å². The van der Waals surface area contributed by atoms with Crippen LogP contribution in [0.5, 0.6) is 0 Å². The van der Waals surface area contributed by atoms with Crippen LogP contribution in [0.4, 0.5) is 5.69 Å². The lowest BCUT2D eigenvalue weighted by Crippen LogP contribution is -2.17. The molecule has 0 radical (unpaired) electrons. The lowest BCUT2D eigenvalue weighted by molar-refractivity contribution is -0.117. The minimum Gasteiger partial charge on any atom is -0.326 e. The molecule has 1 fully saturated rings. The largest absolute Gasteiger partial charge is 0.326 e. The number of benzene rings is 1. The fraction of sp³-hybridized carbons (Fsp3) is 0.500. The first-order valence-electron chi connectivity index (χ1n) is 5.99. The van der Waals surface area contributed by atoms with Crippen molar-refractivity contribution in [3.63, 3.8) is 0 Å². The molecule has 0 bridgehead atoms. The van der Waals surface area contributed by atoms with E-state index in [-0.39, 0.29) is 17.2 Å². The highest BCUT2D eigenvalue weighted by molar-refractivity contribution is 6.52. The molecule has 0 saturated heterocycles.